The zero-order valence-electron chi connectivity index (χ0n) is 15.7. The molecule has 4 rings (SSSR count). The highest BCUT2D eigenvalue weighted by molar-refractivity contribution is 7.14. The van der Waals surface area contributed by atoms with E-state index in [1.807, 2.05) is 0 Å². The summed E-state index contributed by atoms with van der Waals surface area (Å²) in [6.45, 7) is 0. The van der Waals surface area contributed by atoms with E-state index < -0.39 is 23.9 Å². The minimum Gasteiger partial charge on any atom is -0.478 e. The van der Waals surface area contributed by atoms with Gasteiger partial charge in [0.15, 0.2) is 16.6 Å². The number of aromatic carboxylic acids is 1. The summed E-state index contributed by atoms with van der Waals surface area (Å²) in [6.07, 6.45) is -2.09. The first-order valence-electron chi connectivity index (χ1n) is 8.70. The molecule has 0 radical (unpaired) electrons. The summed E-state index contributed by atoms with van der Waals surface area (Å²) >= 11 is 0.638. The van der Waals surface area contributed by atoms with Gasteiger partial charge in [-0.3, -0.25) is 5.32 Å². The van der Waals surface area contributed by atoms with E-state index in [-0.39, 0.29) is 16.5 Å². The fourth-order valence-electron chi connectivity index (χ4n) is 2.93. The number of nitrogens with two attached hydrogens (primary N) is 1. The van der Waals surface area contributed by atoms with Gasteiger partial charge in [-0.25, -0.2) is 24.1 Å². The largest absolute Gasteiger partial charge is 0.478 e. The highest BCUT2D eigenvalue weighted by Gasteiger charge is 2.33. The molecule has 5 N–H and O–H groups in total. The van der Waals surface area contributed by atoms with Crippen molar-refractivity contribution in [3.63, 3.8) is 0 Å². The number of hydrogen-bond acceptors (Lipinski definition) is 7. The molecule has 0 bridgehead atoms. The third-order valence-corrected chi connectivity index (χ3v) is 5.04. The fraction of sp³-hybridized carbons (Fsp3) is 0.0556. The van der Waals surface area contributed by atoms with Gasteiger partial charge in [0.25, 0.3) is 0 Å². The smallest absolute Gasteiger partial charge is 0.434 e. The number of urea groups is 1. The molecule has 164 valence electrons. The molecular weight excluding hydrogens is 451 g/mol. The molecule has 0 saturated carbocycles. The summed E-state index contributed by atoms with van der Waals surface area (Å²) < 4.78 is 39.1. The van der Waals surface area contributed by atoms with Crippen molar-refractivity contribution in [3.8, 4) is 11.1 Å². The van der Waals surface area contributed by atoms with Crippen LogP contribution in [0, 0.1) is 0 Å². The van der Waals surface area contributed by atoms with Crippen LogP contribution in [0.15, 0.2) is 42.2 Å². The molecule has 0 aliphatic heterocycles. The van der Waals surface area contributed by atoms with Crippen molar-refractivity contribution in [2.24, 2.45) is 0 Å². The fourth-order valence-corrected chi connectivity index (χ4v) is 3.64. The monoisotopic (exact) mass is 463 g/mol. The highest BCUT2D eigenvalue weighted by Crippen LogP contribution is 2.33. The summed E-state index contributed by atoms with van der Waals surface area (Å²) in [6, 6.07) is 5.29. The van der Waals surface area contributed by atoms with Crippen LogP contribution in [-0.4, -0.2) is 36.7 Å². The van der Waals surface area contributed by atoms with Gasteiger partial charge in [-0.15, -0.1) is 11.3 Å². The molecule has 4 aromatic rings. The number of carboxylic acid groups (broad SMARTS) is 1. The van der Waals surface area contributed by atoms with Crippen LogP contribution in [0.2, 0.25) is 0 Å². The number of anilines is 3. The van der Waals surface area contributed by atoms with E-state index in [1.54, 1.807) is 12.1 Å². The van der Waals surface area contributed by atoms with Gasteiger partial charge >= 0.3 is 18.2 Å². The number of nitrogens with one attached hydrogen (secondary N) is 2. The lowest BCUT2D eigenvalue weighted by atomic mass is 10.0. The average Bonchev–Trinajstić information content (AvgIpc) is 3.34. The quantitative estimate of drug-likeness (QED) is 0.360. The van der Waals surface area contributed by atoms with Crippen LogP contribution in [-0.2, 0) is 6.18 Å². The minimum atomic E-state index is -4.60. The molecule has 1 aromatic carbocycles. The minimum absolute atomic E-state index is 0.0418. The molecule has 0 aliphatic rings. The highest BCUT2D eigenvalue weighted by atomic mass is 32.1. The van der Waals surface area contributed by atoms with Gasteiger partial charge in [-0.05, 0) is 17.7 Å². The molecule has 14 heteroatoms. The Labute approximate surface area is 180 Å². The van der Waals surface area contributed by atoms with E-state index >= 15 is 0 Å². The topological polar surface area (TPSA) is 148 Å². The van der Waals surface area contributed by atoms with Crippen LogP contribution in [0.3, 0.4) is 0 Å². The van der Waals surface area contributed by atoms with E-state index in [2.05, 4.69) is 25.7 Å². The Hall–Kier alpha value is -4.20. The van der Waals surface area contributed by atoms with Crippen LogP contribution < -0.4 is 16.4 Å². The number of carboxylic acids is 1. The first-order valence-corrected chi connectivity index (χ1v) is 9.57. The van der Waals surface area contributed by atoms with Crippen molar-refractivity contribution in [1.82, 2.24) is 19.6 Å². The van der Waals surface area contributed by atoms with Crippen LogP contribution >= 0.6 is 11.3 Å². The molecule has 32 heavy (non-hydrogen) atoms. The Morgan fingerprint density at radius 1 is 1.16 bits per heavy atom. The lowest BCUT2D eigenvalue weighted by Crippen LogP contribution is -2.19. The van der Waals surface area contributed by atoms with Gasteiger partial charge in [0.1, 0.15) is 11.8 Å². The van der Waals surface area contributed by atoms with Crippen LogP contribution in [0.5, 0.6) is 0 Å². The van der Waals surface area contributed by atoms with E-state index in [1.165, 1.54) is 29.2 Å². The van der Waals surface area contributed by atoms with Crippen LogP contribution in [0.25, 0.3) is 16.6 Å². The second-order valence-corrected chi connectivity index (χ2v) is 7.21. The van der Waals surface area contributed by atoms with Gasteiger partial charge in [-0.1, -0.05) is 12.1 Å². The average molecular weight is 463 g/mol. The molecule has 0 spiro atoms. The van der Waals surface area contributed by atoms with Crippen LogP contribution in [0.1, 0.15) is 16.1 Å². The van der Waals surface area contributed by atoms with Crippen molar-refractivity contribution >= 4 is 45.5 Å². The number of rotatable bonds is 4. The Kier molecular flexibility index (Phi) is 5.14. The number of fused-ring (bicyclic) bond motifs is 1. The lowest BCUT2D eigenvalue weighted by Gasteiger charge is -2.08. The molecule has 0 fully saturated rings. The van der Waals surface area contributed by atoms with Crippen molar-refractivity contribution in [3.05, 3.63) is 53.4 Å². The van der Waals surface area contributed by atoms with Gasteiger partial charge in [0.05, 0.1) is 5.56 Å². The van der Waals surface area contributed by atoms with Gasteiger partial charge in [-0.2, -0.15) is 18.3 Å². The summed E-state index contributed by atoms with van der Waals surface area (Å²) in [5.74, 6) is -1.10. The number of thiazole rings is 1. The molecule has 0 atom stereocenters. The Bertz CT molecular complexity index is 1330. The predicted molar refractivity (Wildman–Crippen MR) is 110 cm³/mol. The number of carbonyl (C=O) groups is 2. The van der Waals surface area contributed by atoms with Crippen LogP contribution in [0.4, 0.5) is 34.6 Å². The van der Waals surface area contributed by atoms with Gasteiger partial charge in [0, 0.05) is 22.8 Å². The first-order chi connectivity index (χ1) is 15.1. The third-order valence-electron chi connectivity index (χ3n) is 4.28. The normalized spacial score (nSPS) is 11.5. The number of nitrogen functional groups attached to an aromatic ring is 1. The molecule has 10 nitrogen and oxygen atoms in total. The number of amides is 2. The molecule has 3 heterocycles. The summed E-state index contributed by atoms with van der Waals surface area (Å²) in [7, 11) is 0. The zero-order valence-corrected chi connectivity index (χ0v) is 16.5. The Morgan fingerprint density at radius 2 is 1.88 bits per heavy atom. The number of aromatic nitrogens is 4. The van der Waals surface area contributed by atoms with E-state index in [9.17, 15) is 27.9 Å². The van der Waals surface area contributed by atoms with Crippen molar-refractivity contribution < 1.29 is 27.9 Å². The number of alkyl halides is 3. The van der Waals surface area contributed by atoms with E-state index in [4.69, 9.17) is 5.73 Å². The Balaban J connectivity index is 1.55. The SMILES string of the molecule is Nc1ncnn2cc(C(=O)O)c(-c3ccc(NC(=O)Nc4nc(C(F)(F)F)cs4)cc3)c12. The summed E-state index contributed by atoms with van der Waals surface area (Å²) in [5, 5.41) is 18.8. The number of benzene rings is 1. The number of nitrogens with zero attached hydrogens (tertiary/aromatic N) is 4. The molecule has 0 saturated heterocycles. The molecular formula is C18H12F3N7O3S. The summed E-state index contributed by atoms with van der Waals surface area (Å²) in [4.78, 5) is 31.0. The van der Waals surface area contributed by atoms with Gasteiger partial charge in [0.2, 0.25) is 0 Å². The lowest BCUT2D eigenvalue weighted by molar-refractivity contribution is -0.140. The standard InChI is InChI=1S/C18H12F3N7O3S/c19-18(20,21)11-6-32-17(26-11)27-16(31)25-9-3-1-8(2-4-9)12-10(15(29)30)5-28-13(12)14(22)23-7-24-28/h1-7H,(H,29,30)(H2,22,23,24)(H2,25,26,27,31). The summed E-state index contributed by atoms with van der Waals surface area (Å²) in [5.41, 5.74) is 6.16. The maximum atomic E-state index is 12.6. The zero-order chi connectivity index (χ0) is 23.0. The van der Waals surface area contributed by atoms with Crippen molar-refractivity contribution in [2.45, 2.75) is 6.18 Å². The third kappa shape index (κ3) is 4.02. The van der Waals surface area contributed by atoms with Gasteiger partial charge < -0.3 is 16.2 Å². The van der Waals surface area contributed by atoms with Crippen molar-refractivity contribution in [1.29, 1.82) is 0 Å². The molecule has 3 aromatic heterocycles. The number of carbonyl (C=O) groups excluding carboxylic acids is 1. The Morgan fingerprint density at radius 3 is 2.50 bits per heavy atom. The first kappa shape index (κ1) is 21.0. The predicted octanol–water partition coefficient (Wildman–Crippen LogP) is 3.80. The molecule has 2 amide bonds. The molecule has 0 aliphatic carbocycles. The second-order valence-electron chi connectivity index (χ2n) is 6.35. The van der Waals surface area contributed by atoms with Crippen molar-refractivity contribution in [2.75, 3.05) is 16.4 Å². The van der Waals surface area contributed by atoms with E-state index in [0.29, 0.717) is 33.7 Å². The number of halogens is 3. The maximum absolute atomic E-state index is 12.6. The number of hydrogen-bond donors (Lipinski definition) is 4. The molecule has 0 unspecified atom stereocenters. The maximum Gasteiger partial charge on any atom is 0.434 e. The van der Waals surface area contributed by atoms with E-state index in [0.717, 1.165) is 5.38 Å². The second kappa shape index (κ2) is 7.81.